The highest BCUT2D eigenvalue weighted by atomic mass is 32.1. The first-order chi connectivity index (χ1) is 30.2. The van der Waals surface area contributed by atoms with Gasteiger partial charge in [-0.15, -0.1) is 11.3 Å². The van der Waals surface area contributed by atoms with E-state index in [1.54, 1.807) is 11.3 Å². The van der Waals surface area contributed by atoms with Crippen LogP contribution in [0.5, 0.6) is 0 Å². The molecule has 6 heteroatoms. The summed E-state index contributed by atoms with van der Waals surface area (Å²) in [6.07, 6.45) is 0. The maximum absolute atomic E-state index is 6.95. The fraction of sp³-hybridized carbons (Fsp3) is 0. The van der Waals surface area contributed by atoms with Crippen molar-refractivity contribution >= 4 is 86.0 Å². The third-order valence-electron chi connectivity index (χ3n) is 12.0. The Labute approximate surface area is 353 Å². The Balaban J connectivity index is 1.16. The molecule has 0 unspecified atom stereocenters. The average Bonchev–Trinajstić information content (AvgIpc) is 4.00. The Hall–Kier alpha value is -7.93. The lowest BCUT2D eigenvalue weighted by molar-refractivity contribution is 0.666. The van der Waals surface area contributed by atoms with E-state index in [0.29, 0.717) is 17.5 Å². The van der Waals surface area contributed by atoms with Crippen molar-refractivity contribution in [1.29, 1.82) is 0 Å². The van der Waals surface area contributed by atoms with Crippen LogP contribution in [0.1, 0.15) is 0 Å². The number of benzene rings is 9. The summed E-state index contributed by atoms with van der Waals surface area (Å²) in [5.41, 5.74) is 9.57. The molecule has 0 saturated heterocycles. The van der Waals surface area contributed by atoms with Crippen molar-refractivity contribution in [1.82, 2.24) is 19.5 Å². The summed E-state index contributed by atoms with van der Waals surface area (Å²) >= 11 is 1.79. The molecule has 0 aliphatic rings. The zero-order valence-electron chi connectivity index (χ0n) is 32.6. The van der Waals surface area contributed by atoms with E-state index in [0.717, 1.165) is 82.6 Å². The van der Waals surface area contributed by atoms with Gasteiger partial charge in [-0.05, 0) is 76.5 Å². The Morgan fingerprint density at radius 2 is 1.05 bits per heavy atom. The molecule has 61 heavy (non-hydrogen) atoms. The molecule has 0 aliphatic heterocycles. The molecule has 0 amide bonds. The number of thiophene rings is 1. The van der Waals surface area contributed by atoms with E-state index < -0.39 is 0 Å². The van der Waals surface area contributed by atoms with Crippen molar-refractivity contribution in [2.45, 2.75) is 0 Å². The van der Waals surface area contributed by atoms with Crippen molar-refractivity contribution in [2.24, 2.45) is 0 Å². The summed E-state index contributed by atoms with van der Waals surface area (Å²) in [6, 6.07) is 68.4. The van der Waals surface area contributed by atoms with Gasteiger partial charge in [0.15, 0.2) is 23.1 Å². The maximum atomic E-state index is 6.95. The maximum Gasteiger partial charge on any atom is 0.166 e. The van der Waals surface area contributed by atoms with Crippen LogP contribution in [0.2, 0.25) is 0 Å². The Morgan fingerprint density at radius 3 is 1.93 bits per heavy atom. The Bertz CT molecular complexity index is 3900. The van der Waals surface area contributed by atoms with Crippen LogP contribution in [0, 0.1) is 0 Å². The highest BCUT2D eigenvalue weighted by Crippen LogP contribution is 2.45. The summed E-state index contributed by atoms with van der Waals surface area (Å²) < 4.78 is 11.7. The zero-order valence-corrected chi connectivity index (χ0v) is 33.4. The van der Waals surface area contributed by atoms with Crippen molar-refractivity contribution in [3.05, 3.63) is 194 Å². The molecule has 13 aromatic rings. The molecular weight excluding hydrogens is 765 g/mol. The summed E-state index contributed by atoms with van der Waals surface area (Å²) in [5.74, 6) is 1.77. The van der Waals surface area contributed by atoms with Crippen LogP contribution in [0.15, 0.2) is 199 Å². The van der Waals surface area contributed by atoms with Crippen LogP contribution in [0.25, 0.3) is 126 Å². The normalized spacial score (nSPS) is 11.9. The lowest BCUT2D eigenvalue weighted by Gasteiger charge is -2.16. The van der Waals surface area contributed by atoms with Gasteiger partial charge in [0.25, 0.3) is 0 Å². The number of rotatable bonds is 5. The van der Waals surface area contributed by atoms with Gasteiger partial charge < -0.3 is 8.98 Å². The molecule has 0 saturated carbocycles. The smallest absolute Gasteiger partial charge is 0.166 e. The highest BCUT2D eigenvalue weighted by Gasteiger charge is 2.25. The molecule has 0 fully saturated rings. The van der Waals surface area contributed by atoms with Crippen LogP contribution in [-0.2, 0) is 0 Å². The predicted octanol–water partition coefficient (Wildman–Crippen LogP) is 15.1. The van der Waals surface area contributed by atoms with Crippen LogP contribution in [-0.4, -0.2) is 19.5 Å². The van der Waals surface area contributed by atoms with Crippen LogP contribution < -0.4 is 0 Å². The molecule has 4 aromatic heterocycles. The molecule has 0 radical (unpaired) electrons. The second kappa shape index (κ2) is 13.3. The number of hydrogen-bond donors (Lipinski definition) is 0. The number of furan rings is 1. The average molecular weight is 797 g/mol. The van der Waals surface area contributed by atoms with Crippen LogP contribution in [0.4, 0.5) is 0 Å². The summed E-state index contributed by atoms with van der Waals surface area (Å²) in [5, 5.41) is 9.10. The molecule has 0 aliphatic carbocycles. The van der Waals surface area contributed by atoms with Gasteiger partial charge in [-0.25, -0.2) is 15.0 Å². The second-order valence-electron chi connectivity index (χ2n) is 15.5. The van der Waals surface area contributed by atoms with Crippen molar-refractivity contribution in [3.8, 4) is 51.0 Å². The lowest BCUT2D eigenvalue weighted by atomic mass is 10.0. The first-order valence-electron chi connectivity index (χ1n) is 20.4. The predicted molar refractivity (Wildman–Crippen MR) is 254 cm³/mol. The minimum Gasteiger partial charge on any atom is -0.454 e. The van der Waals surface area contributed by atoms with Crippen molar-refractivity contribution in [3.63, 3.8) is 0 Å². The van der Waals surface area contributed by atoms with E-state index in [9.17, 15) is 0 Å². The monoisotopic (exact) mass is 796 g/mol. The lowest BCUT2D eigenvalue weighted by Crippen LogP contribution is -2.04. The summed E-state index contributed by atoms with van der Waals surface area (Å²) in [4.78, 5) is 16.3. The van der Waals surface area contributed by atoms with E-state index in [1.165, 1.54) is 25.6 Å². The van der Waals surface area contributed by atoms with Gasteiger partial charge in [-0.1, -0.05) is 140 Å². The Kier molecular flexibility index (Phi) is 7.41. The standard InChI is InChI=1S/C55H32N4OS/c1-2-14-33(15-3-1)34-18-12-19-37(30-34)53-56-54(42-23-13-27-49-50(42)41-22-8-11-26-48(41)61-49)58-55(57-53)43-29-28-40-39-21-7-10-25-47(39)60-52(40)51(43)59-45-24-9-6-20-38(45)44-31-35-16-4-5-17-36(35)32-46(44)59/h1-32H. The van der Waals surface area contributed by atoms with E-state index in [4.69, 9.17) is 19.4 Å². The topological polar surface area (TPSA) is 56.7 Å². The summed E-state index contributed by atoms with van der Waals surface area (Å²) in [7, 11) is 0. The molecule has 5 nitrogen and oxygen atoms in total. The van der Waals surface area contributed by atoms with Crippen LogP contribution >= 0.6 is 11.3 Å². The second-order valence-corrected chi connectivity index (χ2v) is 16.6. The third-order valence-corrected chi connectivity index (χ3v) is 13.2. The van der Waals surface area contributed by atoms with Gasteiger partial charge >= 0.3 is 0 Å². The van der Waals surface area contributed by atoms with Gasteiger partial charge in [-0.2, -0.15) is 0 Å². The molecule has 0 atom stereocenters. The van der Waals surface area contributed by atoms with Crippen LogP contribution in [0.3, 0.4) is 0 Å². The number of aromatic nitrogens is 4. The van der Waals surface area contributed by atoms with Crippen molar-refractivity contribution in [2.75, 3.05) is 0 Å². The quantitative estimate of drug-likeness (QED) is 0.174. The van der Waals surface area contributed by atoms with E-state index >= 15 is 0 Å². The van der Waals surface area contributed by atoms with Gasteiger partial charge in [-0.3, -0.25) is 0 Å². The molecular formula is C55H32N4OS. The Morgan fingerprint density at radius 1 is 0.393 bits per heavy atom. The van der Waals surface area contributed by atoms with Gasteiger partial charge in [0.05, 0.1) is 11.0 Å². The first kappa shape index (κ1) is 34.0. The molecule has 0 bridgehead atoms. The number of fused-ring (bicyclic) bond motifs is 10. The summed E-state index contributed by atoms with van der Waals surface area (Å²) in [6.45, 7) is 0. The molecule has 9 aromatic carbocycles. The third kappa shape index (κ3) is 5.29. The fourth-order valence-corrected chi connectivity index (χ4v) is 10.4. The minimum atomic E-state index is 0.561. The molecule has 0 N–H and O–H groups in total. The molecule has 13 rings (SSSR count). The SMILES string of the molecule is c1ccc(-c2cccc(-c3nc(-c4ccc5c(oc6ccccc65)c4-n4c5ccccc5c5cc6ccccc6cc54)nc(-c4cccc5sc6ccccc6c45)n3)c2)cc1. The number of para-hydroxylation sites is 2. The molecule has 4 heterocycles. The van der Waals surface area contributed by atoms with Gasteiger partial charge in [0, 0.05) is 58.4 Å². The minimum absolute atomic E-state index is 0.561. The van der Waals surface area contributed by atoms with Gasteiger partial charge in [0.2, 0.25) is 0 Å². The molecule has 284 valence electrons. The van der Waals surface area contributed by atoms with E-state index in [1.807, 2.05) is 18.2 Å². The van der Waals surface area contributed by atoms with E-state index in [2.05, 4.69) is 180 Å². The number of hydrogen-bond acceptors (Lipinski definition) is 5. The largest absolute Gasteiger partial charge is 0.454 e. The zero-order chi connectivity index (χ0) is 40.0. The highest BCUT2D eigenvalue weighted by molar-refractivity contribution is 7.25. The fourth-order valence-electron chi connectivity index (χ4n) is 9.25. The number of nitrogens with zero attached hydrogens (tertiary/aromatic N) is 4. The molecule has 0 spiro atoms. The van der Waals surface area contributed by atoms with E-state index in [-0.39, 0.29) is 0 Å². The van der Waals surface area contributed by atoms with Crippen molar-refractivity contribution < 1.29 is 4.42 Å². The van der Waals surface area contributed by atoms with Gasteiger partial charge in [0.1, 0.15) is 11.3 Å². The first-order valence-corrected chi connectivity index (χ1v) is 21.2.